The van der Waals surface area contributed by atoms with Crippen LogP contribution in [0.15, 0.2) is 23.0 Å². The highest BCUT2D eigenvalue weighted by Gasteiger charge is 2.13. The second-order valence-electron chi connectivity index (χ2n) is 2.79. The van der Waals surface area contributed by atoms with Crippen LogP contribution >= 0.6 is 22.9 Å². The summed E-state index contributed by atoms with van der Waals surface area (Å²) in [7, 11) is 0. The Morgan fingerprint density at radius 2 is 2.33 bits per heavy atom. The lowest BCUT2D eigenvalue weighted by Gasteiger charge is -1.94. The van der Waals surface area contributed by atoms with E-state index in [1.54, 1.807) is 17.5 Å². The van der Waals surface area contributed by atoms with Crippen molar-refractivity contribution in [2.24, 2.45) is 0 Å². The van der Waals surface area contributed by atoms with E-state index >= 15 is 0 Å². The van der Waals surface area contributed by atoms with E-state index in [9.17, 15) is 0 Å². The zero-order valence-electron chi connectivity index (χ0n) is 7.47. The summed E-state index contributed by atoms with van der Waals surface area (Å²) in [4.78, 5) is 11.3. The molecule has 0 bridgehead atoms. The minimum atomic E-state index is 0.811. The summed E-state index contributed by atoms with van der Waals surface area (Å²) in [5, 5.41) is 4.77. The third-order valence-electron chi connectivity index (χ3n) is 1.91. The number of aromatic nitrogens is 4. The Bertz CT molecular complexity index is 490. The third-order valence-corrected chi connectivity index (χ3v) is 3.26. The molecule has 0 fully saturated rings. The van der Waals surface area contributed by atoms with Gasteiger partial charge in [-0.15, -0.1) is 11.3 Å². The van der Waals surface area contributed by atoms with Gasteiger partial charge in [-0.25, -0.2) is 9.97 Å². The van der Waals surface area contributed by atoms with Crippen LogP contribution in [0.1, 0.15) is 0 Å². The van der Waals surface area contributed by atoms with E-state index in [0.29, 0.717) is 0 Å². The van der Waals surface area contributed by atoms with E-state index in [-0.39, 0.29) is 0 Å². The van der Waals surface area contributed by atoms with Gasteiger partial charge < -0.3 is 4.98 Å². The average Bonchev–Trinajstić information content (AvgIpc) is 3.01. The lowest BCUT2D eigenvalue weighted by atomic mass is 10.2. The maximum Gasteiger partial charge on any atom is 0.174 e. The van der Waals surface area contributed by atoms with Crippen LogP contribution in [0.5, 0.6) is 0 Å². The van der Waals surface area contributed by atoms with Crippen molar-refractivity contribution >= 4 is 22.9 Å². The molecule has 0 aliphatic rings. The van der Waals surface area contributed by atoms with Crippen molar-refractivity contribution in [3.05, 3.63) is 29.4 Å². The number of imidazole rings is 1. The normalized spacial score (nSPS) is 10.7. The number of nitrogens with zero attached hydrogens (tertiary/aromatic N) is 3. The number of H-pyrrole nitrogens is 1. The number of thiazole rings is 1. The molecule has 3 aromatic heterocycles. The van der Waals surface area contributed by atoms with E-state index in [2.05, 4.69) is 25.7 Å². The fourth-order valence-corrected chi connectivity index (χ4v) is 2.43. The SMILES string of the molecule is [c]1nc(-c2ccsn2)c(-c2nccs2)[nH]1. The summed E-state index contributed by atoms with van der Waals surface area (Å²) >= 11 is 2.97. The number of rotatable bonds is 2. The predicted molar refractivity (Wildman–Crippen MR) is 59.6 cm³/mol. The molecule has 0 aliphatic carbocycles. The van der Waals surface area contributed by atoms with Crippen molar-refractivity contribution in [2.75, 3.05) is 0 Å². The van der Waals surface area contributed by atoms with Crippen molar-refractivity contribution in [3.63, 3.8) is 0 Å². The first kappa shape index (κ1) is 8.75. The number of nitrogens with one attached hydrogen (secondary N) is 1. The van der Waals surface area contributed by atoms with Crippen LogP contribution in [-0.2, 0) is 0 Å². The summed E-state index contributed by atoms with van der Waals surface area (Å²) in [6, 6.07) is 1.94. The van der Waals surface area contributed by atoms with Gasteiger partial charge in [-0.2, -0.15) is 4.37 Å². The Hall–Kier alpha value is -1.53. The van der Waals surface area contributed by atoms with Gasteiger partial charge in [0.05, 0.1) is 0 Å². The van der Waals surface area contributed by atoms with Gasteiger partial charge >= 0.3 is 0 Å². The Morgan fingerprint density at radius 3 is 3.07 bits per heavy atom. The van der Waals surface area contributed by atoms with Gasteiger partial charge in [0.1, 0.15) is 22.1 Å². The monoisotopic (exact) mass is 233 g/mol. The van der Waals surface area contributed by atoms with Gasteiger partial charge in [-0.05, 0) is 17.6 Å². The Labute approximate surface area is 93.8 Å². The first-order valence-electron chi connectivity index (χ1n) is 4.22. The summed E-state index contributed by atoms with van der Waals surface area (Å²) in [6.07, 6.45) is 4.50. The molecular formula is C9H5N4S2. The molecule has 0 spiro atoms. The van der Waals surface area contributed by atoms with E-state index < -0.39 is 0 Å². The second-order valence-corrected chi connectivity index (χ2v) is 4.35. The van der Waals surface area contributed by atoms with Crippen molar-refractivity contribution in [1.82, 2.24) is 19.3 Å². The maximum atomic E-state index is 4.25. The third kappa shape index (κ3) is 1.47. The summed E-state index contributed by atoms with van der Waals surface area (Å²) < 4.78 is 4.25. The van der Waals surface area contributed by atoms with E-state index in [1.807, 2.05) is 16.8 Å². The average molecular weight is 233 g/mol. The highest BCUT2D eigenvalue weighted by molar-refractivity contribution is 7.13. The Morgan fingerprint density at radius 1 is 1.33 bits per heavy atom. The molecule has 0 atom stereocenters. The summed E-state index contributed by atoms with van der Waals surface area (Å²) in [5.74, 6) is 0. The summed E-state index contributed by atoms with van der Waals surface area (Å²) in [6.45, 7) is 0. The van der Waals surface area contributed by atoms with Gasteiger partial charge in [0, 0.05) is 17.0 Å². The quantitative estimate of drug-likeness (QED) is 0.739. The van der Waals surface area contributed by atoms with Crippen LogP contribution in [0.3, 0.4) is 0 Å². The molecule has 0 saturated carbocycles. The number of hydrogen-bond acceptors (Lipinski definition) is 5. The zero-order chi connectivity index (χ0) is 10.1. The van der Waals surface area contributed by atoms with Crippen LogP contribution in [0, 0.1) is 6.33 Å². The van der Waals surface area contributed by atoms with Gasteiger partial charge in [0.25, 0.3) is 0 Å². The minimum absolute atomic E-state index is 0.811. The molecule has 1 radical (unpaired) electrons. The molecule has 0 amide bonds. The maximum absolute atomic E-state index is 4.25. The smallest absolute Gasteiger partial charge is 0.174 e. The molecule has 6 heteroatoms. The first-order valence-corrected chi connectivity index (χ1v) is 5.93. The molecule has 3 rings (SSSR count). The molecule has 0 unspecified atom stereocenters. The molecule has 0 aromatic carbocycles. The Balaban J connectivity index is 2.15. The van der Waals surface area contributed by atoms with E-state index in [0.717, 1.165) is 22.1 Å². The fourth-order valence-electron chi connectivity index (χ4n) is 1.28. The van der Waals surface area contributed by atoms with Crippen molar-refractivity contribution < 1.29 is 0 Å². The van der Waals surface area contributed by atoms with Crippen molar-refractivity contribution in [3.8, 4) is 22.1 Å². The minimum Gasteiger partial charge on any atom is -0.333 e. The standard InChI is InChI=1S/C9H5N4S2/c1-3-15-13-6(1)7-8(12-5-11-7)9-10-2-4-14-9/h1-4H,(H,11,12). The van der Waals surface area contributed by atoms with Crippen LogP contribution < -0.4 is 0 Å². The first-order chi connectivity index (χ1) is 7.45. The highest BCUT2D eigenvalue weighted by Crippen LogP contribution is 2.29. The van der Waals surface area contributed by atoms with Crippen LogP contribution in [-0.4, -0.2) is 19.3 Å². The largest absolute Gasteiger partial charge is 0.333 e. The van der Waals surface area contributed by atoms with Crippen LogP contribution in [0.4, 0.5) is 0 Å². The topological polar surface area (TPSA) is 54.5 Å². The van der Waals surface area contributed by atoms with Gasteiger partial charge in [-0.3, -0.25) is 0 Å². The van der Waals surface area contributed by atoms with Crippen LogP contribution in [0.2, 0.25) is 0 Å². The molecule has 3 aromatic rings. The number of aromatic amines is 1. The molecule has 3 heterocycles. The van der Waals surface area contributed by atoms with E-state index in [4.69, 9.17) is 0 Å². The van der Waals surface area contributed by atoms with Gasteiger partial charge in [-0.1, -0.05) is 0 Å². The van der Waals surface area contributed by atoms with Crippen molar-refractivity contribution in [1.29, 1.82) is 0 Å². The van der Waals surface area contributed by atoms with Gasteiger partial charge in [0.15, 0.2) is 6.33 Å². The van der Waals surface area contributed by atoms with Crippen molar-refractivity contribution in [2.45, 2.75) is 0 Å². The second kappa shape index (κ2) is 3.56. The molecule has 0 saturated heterocycles. The fraction of sp³-hybridized carbons (Fsp3) is 0. The van der Waals surface area contributed by atoms with E-state index in [1.165, 1.54) is 11.5 Å². The lowest BCUT2D eigenvalue weighted by Crippen LogP contribution is -1.82. The molecule has 73 valence electrons. The highest BCUT2D eigenvalue weighted by atomic mass is 32.1. The number of hydrogen-bond donors (Lipinski definition) is 1. The van der Waals surface area contributed by atoms with Gasteiger partial charge in [0.2, 0.25) is 0 Å². The molecule has 1 N–H and O–H groups in total. The summed E-state index contributed by atoms with van der Waals surface area (Å²) in [5.41, 5.74) is 2.56. The zero-order valence-corrected chi connectivity index (χ0v) is 9.10. The Kier molecular flexibility index (Phi) is 2.08. The molecule has 4 nitrogen and oxygen atoms in total. The predicted octanol–water partition coefficient (Wildman–Crippen LogP) is 2.46. The molecular weight excluding hydrogens is 228 g/mol. The molecule has 15 heavy (non-hydrogen) atoms. The van der Waals surface area contributed by atoms with Crippen LogP contribution in [0.25, 0.3) is 22.1 Å². The molecule has 0 aliphatic heterocycles. The lowest BCUT2D eigenvalue weighted by molar-refractivity contribution is 1.28.